The number of ether oxygens (including phenoxy) is 1. The Morgan fingerprint density at radius 3 is 2.64 bits per heavy atom. The predicted molar refractivity (Wildman–Crippen MR) is 99.0 cm³/mol. The van der Waals surface area contributed by atoms with Gasteiger partial charge >= 0.3 is 0 Å². The minimum atomic E-state index is -0.0215. The zero-order valence-electron chi connectivity index (χ0n) is 14.6. The van der Waals surface area contributed by atoms with Gasteiger partial charge in [-0.2, -0.15) is 5.10 Å². The van der Waals surface area contributed by atoms with Gasteiger partial charge in [-0.15, -0.1) is 0 Å². The van der Waals surface area contributed by atoms with Gasteiger partial charge in [0.15, 0.2) is 10.6 Å². The summed E-state index contributed by atoms with van der Waals surface area (Å²) in [6.45, 7) is 2.44. The van der Waals surface area contributed by atoms with E-state index in [2.05, 4.69) is 22.4 Å². The number of nitrogens with one attached hydrogen (secondary N) is 2. The summed E-state index contributed by atoms with van der Waals surface area (Å²) in [7, 11) is 1.63. The molecule has 6 nitrogen and oxygen atoms in total. The van der Waals surface area contributed by atoms with Crippen LogP contribution in [0.5, 0.6) is 5.75 Å². The van der Waals surface area contributed by atoms with Crippen LogP contribution in [0.15, 0.2) is 24.3 Å². The quantitative estimate of drug-likeness (QED) is 0.803. The van der Waals surface area contributed by atoms with Crippen molar-refractivity contribution in [3.8, 4) is 17.1 Å². The highest BCUT2D eigenvalue weighted by molar-refractivity contribution is 7.71. The van der Waals surface area contributed by atoms with E-state index in [0.29, 0.717) is 10.6 Å². The third kappa shape index (κ3) is 4.28. The molecule has 2 aromatic rings. The molecule has 1 aliphatic rings. The fourth-order valence-electron chi connectivity index (χ4n) is 3.25. The summed E-state index contributed by atoms with van der Waals surface area (Å²) in [4.78, 5) is 12.5. The molecule has 1 saturated carbocycles. The van der Waals surface area contributed by atoms with Gasteiger partial charge in [0, 0.05) is 11.6 Å². The van der Waals surface area contributed by atoms with Crippen molar-refractivity contribution in [1.82, 2.24) is 20.1 Å². The molecule has 0 spiro atoms. The molecule has 3 rings (SSSR count). The van der Waals surface area contributed by atoms with Crippen LogP contribution < -0.4 is 10.1 Å². The van der Waals surface area contributed by atoms with Crippen molar-refractivity contribution < 1.29 is 9.53 Å². The number of rotatable bonds is 5. The lowest BCUT2D eigenvalue weighted by atomic mass is 9.87. The minimum Gasteiger partial charge on any atom is -0.497 e. The molecule has 0 aliphatic heterocycles. The van der Waals surface area contributed by atoms with Gasteiger partial charge in [0.25, 0.3) is 0 Å². The summed E-state index contributed by atoms with van der Waals surface area (Å²) >= 11 is 5.30. The zero-order valence-corrected chi connectivity index (χ0v) is 15.4. The molecule has 1 fully saturated rings. The number of aromatic amines is 1. The van der Waals surface area contributed by atoms with Crippen molar-refractivity contribution in [3.63, 3.8) is 0 Å². The fourth-order valence-corrected chi connectivity index (χ4v) is 3.44. The highest BCUT2D eigenvalue weighted by Crippen LogP contribution is 2.24. The summed E-state index contributed by atoms with van der Waals surface area (Å²) in [6.07, 6.45) is 4.45. The Hall–Kier alpha value is -2.15. The van der Waals surface area contributed by atoms with E-state index in [0.717, 1.165) is 30.1 Å². The Morgan fingerprint density at radius 2 is 2.00 bits per heavy atom. The molecule has 1 aliphatic carbocycles. The first kappa shape index (κ1) is 17.7. The number of carbonyl (C=O) groups is 1. The van der Waals surface area contributed by atoms with Crippen LogP contribution in [0.4, 0.5) is 0 Å². The topological polar surface area (TPSA) is 71.9 Å². The van der Waals surface area contributed by atoms with Crippen molar-refractivity contribution in [1.29, 1.82) is 0 Å². The molecular weight excluding hydrogens is 336 g/mol. The van der Waals surface area contributed by atoms with Gasteiger partial charge in [-0.05, 0) is 68.1 Å². The van der Waals surface area contributed by atoms with E-state index in [-0.39, 0.29) is 18.5 Å². The molecular formula is C18H24N4O2S. The first-order chi connectivity index (χ1) is 12.1. The Balaban J connectivity index is 1.70. The fraction of sp³-hybridized carbons (Fsp3) is 0.500. The third-order valence-corrected chi connectivity index (χ3v) is 5.10. The van der Waals surface area contributed by atoms with Crippen LogP contribution in [0.1, 0.15) is 32.6 Å². The number of hydrogen-bond donors (Lipinski definition) is 2. The maximum Gasteiger partial charge on any atom is 0.240 e. The van der Waals surface area contributed by atoms with E-state index in [4.69, 9.17) is 17.0 Å². The molecule has 7 heteroatoms. The van der Waals surface area contributed by atoms with Gasteiger partial charge in [-0.3, -0.25) is 14.5 Å². The minimum absolute atomic E-state index is 0.0215. The lowest BCUT2D eigenvalue weighted by Gasteiger charge is -2.27. The summed E-state index contributed by atoms with van der Waals surface area (Å²) < 4.78 is 7.35. The average Bonchev–Trinajstić information content (AvgIpc) is 2.98. The van der Waals surface area contributed by atoms with Gasteiger partial charge in [0.1, 0.15) is 12.3 Å². The van der Waals surface area contributed by atoms with E-state index in [1.54, 1.807) is 11.7 Å². The summed E-state index contributed by atoms with van der Waals surface area (Å²) in [5.74, 6) is 2.16. The standard InChI is InChI=1S/C18H24N4O2S/c1-12-3-7-14(8-4-12)19-16(23)11-22-17(20-21-18(22)25)13-5-9-15(24-2)10-6-13/h5-6,9-10,12,14H,3-4,7-8,11H2,1-2H3,(H,19,23)(H,21,25). The first-order valence-electron chi connectivity index (χ1n) is 8.66. The number of benzene rings is 1. The van der Waals surface area contributed by atoms with Gasteiger partial charge in [0.2, 0.25) is 5.91 Å². The largest absolute Gasteiger partial charge is 0.497 e. The Bertz CT molecular complexity index is 773. The van der Waals surface area contributed by atoms with E-state index in [1.807, 2.05) is 24.3 Å². The molecule has 134 valence electrons. The SMILES string of the molecule is COc1ccc(-c2n[nH]c(=S)n2CC(=O)NC2CCC(C)CC2)cc1. The smallest absolute Gasteiger partial charge is 0.240 e. The third-order valence-electron chi connectivity index (χ3n) is 4.79. The lowest BCUT2D eigenvalue weighted by molar-refractivity contribution is -0.122. The molecule has 2 N–H and O–H groups in total. The molecule has 1 heterocycles. The highest BCUT2D eigenvalue weighted by atomic mass is 32.1. The number of hydrogen-bond acceptors (Lipinski definition) is 4. The van der Waals surface area contributed by atoms with Crippen LogP contribution in [0.2, 0.25) is 0 Å². The number of nitrogens with zero attached hydrogens (tertiary/aromatic N) is 2. The number of carbonyl (C=O) groups excluding carboxylic acids is 1. The van der Waals surface area contributed by atoms with Crippen molar-refractivity contribution in [2.45, 2.75) is 45.2 Å². The molecule has 0 atom stereocenters. The number of aromatic nitrogens is 3. The second-order valence-corrected chi connectivity index (χ2v) is 7.08. The van der Waals surface area contributed by atoms with Crippen LogP contribution in [-0.4, -0.2) is 33.8 Å². The van der Waals surface area contributed by atoms with Gasteiger partial charge in [-0.1, -0.05) is 6.92 Å². The monoisotopic (exact) mass is 360 g/mol. The predicted octanol–water partition coefficient (Wildman–Crippen LogP) is 3.31. The van der Waals surface area contributed by atoms with Crippen molar-refractivity contribution >= 4 is 18.1 Å². The highest BCUT2D eigenvalue weighted by Gasteiger charge is 2.20. The Labute approximate surface area is 152 Å². The summed E-state index contributed by atoms with van der Waals surface area (Å²) in [5.41, 5.74) is 0.882. The molecule has 1 amide bonds. The molecule has 1 aromatic heterocycles. The number of amides is 1. The Morgan fingerprint density at radius 1 is 1.32 bits per heavy atom. The zero-order chi connectivity index (χ0) is 17.8. The molecule has 25 heavy (non-hydrogen) atoms. The average molecular weight is 360 g/mol. The van der Waals surface area contributed by atoms with E-state index < -0.39 is 0 Å². The maximum atomic E-state index is 12.5. The van der Waals surface area contributed by atoms with Crippen LogP contribution in [0.3, 0.4) is 0 Å². The van der Waals surface area contributed by atoms with Crippen molar-refractivity contribution in [2.24, 2.45) is 5.92 Å². The molecule has 0 bridgehead atoms. The molecule has 0 saturated heterocycles. The summed E-state index contributed by atoms with van der Waals surface area (Å²) in [6, 6.07) is 7.80. The van der Waals surface area contributed by atoms with Crippen LogP contribution >= 0.6 is 12.2 Å². The van der Waals surface area contributed by atoms with Crippen LogP contribution in [0, 0.1) is 10.7 Å². The van der Waals surface area contributed by atoms with Gasteiger partial charge < -0.3 is 10.1 Å². The molecule has 0 radical (unpaired) electrons. The van der Waals surface area contributed by atoms with Crippen LogP contribution in [0.25, 0.3) is 11.4 Å². The normalized spacial score (nSPS) is 20.2. The van der Waals surface area contributed by atoms with Gasteiger partial charge in [0.05, 0.1) is 7.11 Å². The van der Waals surface area contributed by atoms with Crippen molar-refractivity contribution in [3.05, 3.63) is 29.0 Å². The van der Waals surface area contributed by atoms with E-state index in [1.165, 1.54) is 12.8 Å². The van der Waals surface area contributed by atoms with Crippen molar-refractivity contribution in [2.75, 3.05) is 7.11 Å². The number of H-pyrrole nitrogens is 1. The summed E-state index contributed by atoms with van der Waals surface area (Å²) in [5, 5.41) is 10.2. The Kier molecular flexibility index (Phi) is 5.53. The maximum absolute atomic E-state index is 12.5. The molecule has 1 aromatic carbocycles. The second-order valence-electron chi connectivity index (χ2n) is 6.69. The van der Waals surface area contributed by atoms with Gasteiger partial charge in [-0.25, -0.2) is 0 Å². The first-order valence-corrected chi connectivity index (χ1v) is 9.06. The lowest BCUT2D eigenvalue weighted by Crippen LogP contribution is -2.39. The number of methoxy groups -OCH3 is 1. The van der Waals surface area contributed by atoms with E-state index >= 15 is 0 Å². The second kappa shape index (κ2) is 7.82. The molecule has 0 unspecified atom stereocenters. The van der Waals surface area contributed by atoms with Crippen LogP contribution in [-0.2, 0) is 11.3 Å². The van der Waals surface area contributed by atoms with E-state index in [9.17, 15) is 4.79 Å².